The number of carboxylic acid groups (broad SMARTS) is 1. The van der Waals surface area contributed by atoms with Crippen LogP contribution >= 0.6 is 0 Å². The molecule has 5 heteroatoms. The van der Waals surface area contributed by atoms with Crippen LogP contribution in [0.15, 0.2) is 0 Å². The van der Waals surface area contributed by atoms with Crippen molar-refractivity contribution in [3.05, 3.63) is 0 Å². The van der Waals surface area contributed by atoms with E-state index in [4.69, 9.17) is 10.2 Å². The molecule has 0 saturated carbocycles. The lowest BCUT2D eigenvalue weighted by atomic mass is 10.1. The van der Waals surface area contributed by atoms with Gasteiger partial charge in [-0.1, -0.05) is 6.92 Å². The molecule has 0 saturated heterocycles. The minimum absolute atomic E-state index is 0.407. The maximum Gasteiger partial charge on any atom is 0.322 e. The number of hydrogen-bond donors (Lipinski definition) is 3. The number of amides is 1. The summed E-state index contributed by atoms with van der Waals surface area (Å²) in [6.45, 7) is 2.60. The third-order valence-electron chi connectivity index (χ3n) is 1.55. The van der Waals surface area contributed by atoms with Crippen LogP contribution in [0.5, 0.6) is 0 Å². The van der Waals surface area contributed by atoms with Gasteiger partial charge in [0.25, 0.3) is 0 Å². The van der Waals surface area contributed by atoms with Crippen LogP contribution in [0.4, 0.5) is 0 Å². The van der Waals surface area contributed by atoms with Gasteiger partial charge in [0, 0.05) is 0 Å². The first-order chi connectivity index (χ1) is 5.45. The fourth-order valence-electron chi connectivity index (χ4n) is 0.543. The van der Waals surface area contributed by atoms with Gasteiger partial charge >= 0.3 is 5.97 Å². The molecule has 0 aromatic carbocycles. The number of carboxylic acids is 1. The van der Waals surface area contributed by atoms with Gasteiger partial charge in [-0.15, -0.1) is 0 Å². The second-order valence-electron chi connectivity index (χ2n) is 2.64. The largest absolute Gasteiger partial charge is 0.480 e. The molecule has 0 spiro atoms. The summed E-state index contributed by atoms with van der Waals surface area (Å²) >= 11 is 0. The van der Waals surface area contributed by atoms with E-state index in [1.165, 1.54) is 13.8 Å². The molecule has 0 fully saturated rings. The van der Waals surface area contributed by atoms with Crippen molar-refractivity contribution in [1.29, 1.82) is 0 Å². The van der Waals surface area contributed by atoms with Crippen LogP contribution in [0.1, 0.15) is 13.8 Å². The Morgan fingerprint density at radius 3 is 2.25 bits per heavy atom. The molecule has 5 nitrogen and oxygen atoms in total. The Morgan fingerprint density at radius 1 is 1.42 bits per heavy atom. The molecular weight excluding hydrogens is 162 g/mol. The molecule has 0 rings (SSSR count). The standard InChI is InChI=1S/C7H13NO4/c1-4(5(2)9)7(12)8-3-6(10)11/h4-5,9H,3H2,1-2H3,(H,8,12)(H,10,11)/t4-,5+/m0/s1. The molecule has 0 aromatic heterocycles. The number of rotatable bonds is 4. The molecule has 2 atom stereocenters. The highest BCUT2D eigenvalue weighted by Gasteiger charge is 2.17. The molecule has 0 aliphatic rings. The number of aliphatic hydroxyl groups is 1. The van der Waals surface area contributed by atoms with E-state index in [-0.39, 0.29) is 0 Å². The topological polar surface area (TPSA) is 86.6 Å². The summed E-state index contributed by atoms with van der Waals surface area (Å²) < 4.78 is 0. The zero-order chi connectivity index (χ0) is 9.72. The number of nitrogens with one attached hydrogen (secondary N) is 1. The first kappa shape index (κ1) is 10.9. The lowest BCUT2D eigenvalue weighted by Crippen LogP contribution is -2.37. The Kier molecular flexibility index (Phi) is 4.28. The van der Waals surface area contributed by atoms with Crippen molar-refractivity contribution in [3.8, 4) is 0 Å². The van der Waals surface area contributed by atoms with E-state index in [0.29, 0.717) is 0 Å². The Labute approximate surface area is 70.4 Å². The van der Waals surface area contributed by atoms with Gasteiger partial charge < -0.3 is 15.5 Å². The molecule has 3 N–H and O–H groups in total. The van der Waals surface area contributed by atoms with Crippen LogP contribution in [-0.2, 0) is 9.59 Å². The van der Waals surface area contributed by atoms with Crippen LogP contribution in [0.3, 0.4) is 0 Å². The Bertz CT molecular complexity index is 178. The summed E-state index contributed by atoms with van der Waals surface area (Å²) in [7, 11) is 0. The maximum atomic E-state index is 11.0. The minimum Gasteiger partial charge on any atom is -0.480 e. The van der Waals surface area contributed by atoms with Crippen molar-refractivity contribution in [2.45, 2.75) is 20.0 Å². The average molecular weight is 175 g/mol. The number of aliphatic carboxylic acids is 1. The van der Waals surface area contributed by atoms with E-state index in [1.807, 2.05) is 0 Å². The van der Waals surface area contributed by atoms with Crippen LogP contribution in [0.2, 0.25) is 0 Å². The van der Waals surface area contributed by atoms with Gasteiger partial charge in [-0.2, -0.15) is 0 Å². The molecule has 0 bridgehead atoms. The van der Waals surface area contributed by atoms with Gasteiger partial charge in [-0.05, 0) is 6.92 Å². The molecule has 0 unspecified atom stereocenters. The molecule has 0 radical (unpaired) electrons. The smallest absolute Gasteiger partial charge is 0.322 e. The second kappa shape index (κ2) is 4.71. The molecule has 0 aliphatic heterocycles. The van der Waals surface area contributed by atoms with Crippen molar-refractivity contribution < 1.29 is 19.8 Å². The Balaban J connectivity index is 3.80. The Hall–Kier alpha value is -1.10. The van der Waals surface area contributed by atoms with Crippen LogP contribution in [0, 0.1) is 5.92 Å². The van der Waals surface area contributed by atoms with Crippen molar-refractivity contribution in [2.24, 2.45) is 5.92 Å². The summed E-state index contributed by atoms with van der Waals surface area (Å²) in [5.41, 5.74) is 0. The molecule has 1 amide bonds. The van der Waals surface area contributed by atoms with Crippen molar-refractivity contribution in [2.75, 3.05) is 6.54 Å². The zero-order valence-electron chi connectivity index (χ0n) is 7.07. The van der Waals surface area contributed by atoms with Crippen molar-refractivity contribution in [3.63, 3.8) is 0 Å². The lowest BCUT2D eigenvalue weighted by Gasteiger charge is -2.12. The number of aliphatic hydroxyl groups excluding tert-OH is 1. The highest BCUT2D eigenvalue weighted by atomic mass is 16.4. The monoisotopic (exact) mass is 175 g/mol. The molecular formula is C7H13NO4. The van der Waals surface area contributed by atoms with Crippen molar-refractivity contribution >= 4 is 11.9 Å². The van der Waals surface area contributed by atoms with E-state index in [9.17, 15) is 9.59 Å². The third kappa shape index (κ3) is 3.92. The van der Waals surface area contributed by atoms with E-state index in [0.717, 1.165) is 0 Å². The van der Waals surface area contributed by atoms with E-state index >= 15 is 0 Å². The average Bonchev–Trinajstić information content (AvgIpc) is 1.98. The van der Waals surface area contributed by atoms with Crippen LogP contribution < -0.4 is 5.32 Å². The summed E-state index contributed by atoms with van der Waals surface area (Å²) in [6, 6.07) is 0. The predicted octanol–water partition coefficient (Wildman–Crippen LogP) is -0.796. The Morgan fingerprint density at radius 2 is 1.92 bits per heavy atom. The molecule has 0 heterocycles. The molecule has 0 aromatic rings. The summed E-state index contributed by atoms with van der Waals surface area (Å²) in [6.07, 6.45) is -0.765. The first-order valence-corrected chi connectivity index (χ1v) is 3.62. The van der Waals surface area contributed by atoms with Gasteiger partial charge in [0.05, 0.1) is 12.0 Å². The number of carbonyl (C=O) groups is 2. The normalized spacial score (nSPS) is 14.9. The van der Waals surface area contributed by atoms with Gasteiger partial charge in [-0.3, -0.25) is 9.59 Å². The molecule has 12 heavy (non-hydrogen) atoms. The van der Waals surface area contributed by atoms with E-state index < -0.39 is 30.4 Å². The second-order valence-corrected chi connectivity index (χ2v) is 2.64. The first-order valence-electron chi connectivity index (χ1n) is 3.62. The number of hydrogen-bond acceptors (Lipinski definition) is 3. The van der Waals surface area contributed by atoms with E-state index in [1.54, 1.807) is 0 Å². The summed E-state index contributed by atoms with van der Waals surface area (Å²) in [5, 5.41) is 19.3. The van der Waals surface area contributed by atoms with Crippen molar-refractivity contribution in [1.82, 2.24) is 5.32 Å². The quantitative estimate of drug-likeness (QED) is 0.522. The summed E-state index contributed by atoms with van der Waals surface area (Å²) in [5.74, 6) is -2.13. The molecule has 0 aliphatic carbocycles. The summed E-state index contributed by atoms with van der Waals surface area (Å²) in [4.78, 5) is 21.0. The molecule has 70 valence electrons. The lowest BCUT2D eigenvalue weighted by molar-refractivity contribution is -0.139. The third-order valence-corrected chi connectivity index (χ3v) is 1.55. The highest BCUT2D eigenvalue weighted by Crippen LogP contribution is 2.00. The highest BCUT2D eigenvalue weighted by molar-refractivity contribution is 5.82. The fourth-order valence-corrected chi connectivity index (χ4v) is 0.543. The fraction of sp³-hybridized carbons (Fsp3) is 0.714. The maximum absolute atomic E-state index is 11.0. The van der Waals surface area contributed by atoms with Gasteiger partial charge in [-0.25, -0.2) is 0 Å². The zero-order valence-corrected chi connectivity index (χ0v) is 7.07. The van der Waals surface area contributed by atoms with Gasteiger partial charge in [0.2, 0.25) is 5.91 Å². The number of carbonyl (C=O) groups excluding carboxylic acids is 1. The minimum atomic E-state index is -1.10. The van der Waals surface area contributed by atoms with Crippen LogP contribution in [-0.4, -0.2) is 34.7 Å². The van der Waals surface area contributed by atoms with Gasteiger partial charge in [0.1, 0.15) is 6.54 Å². The van der Waals surface area contributed by atoms with Gasteiger partial charge in [0.15, 0.2) is 0 Å². The van der Waals surface area contributed by atoms with Crippen LogP contribution in [0.25, 0.3) is 0 Å². The SMILES string of the molecule is C[C@H](C(=O)NCC(=O)O)[C@@H](C)O. The predicted molar refractivity (Wildman–Crippen MR) is 41.5 cm³/mol. The van der Waals surface area contributed by atoms with E-state index in [2.05, 4.69) is 5.32 Å².